The number of methoxy groups -OCH3 is 2. The molecule has 0 saturated heterocycles. The zero-order valence-corrected chi connectivity index (χ0v) is 18.8. The van der Waals surface area contributed by atoms with Crippen molar-refractivity contribution < 1.29 is 28.7 Å². The van der Waals surface area contributed by atoms with Crippen LogP contribution in [-0.4, -0.2) is 57.3 Å². The maximum Gasteiger partial charge on any atom is 0.293 e. The molecule has 0 atom stereocenters. The van der Waals surface area contributed by atoms with Crippen molar-refractivity contribution in [3.05, 3.63) is 57.6 Å². The molecule has 2 amide bonds. The number of ether oxygens (including phenoxy) is 3. The summed E-state index contributed by atoms with van der Waals surface area (Å²) >= 11 is 0. The van der Waals surface area contributed by atoms with Crippen molar-refractivity contribution >= 4 is 23.2 Å². The Morgan fingerprint density at radius 1 is 1.06 bits per heavy atom. The number of hydrogen-bond acceptors (Lipinski definition) is 8. The number of nitro benzene ring substituents is 1. The number of anilines is 1. The van der Waals surface area contributed by atoms with Gasteiger partial charge in [0.1, 0.15) is 5.69 Å². The van der Waals surface area contributed by atoms with Crippen LogP contribution in [-0.2, 0) is 16.1 Å². The Morgan fingerprint density at radius 3 is 2.52 bits per heavy atom. The third kappa shape index (κ3) is 7.65. The first kappa shape index (κ1) is 25.4. The molecule has 2 rings (SSSR count). The third-order valence-electron chi connectivity index (χ3n) is 4.49. The molecule has 2 aromatic rings. The monoisotopic (exact) mass is 460 g/mol. The lowest BCUT2D eigenvalue weighted by atomic mass is 10.1. The maximum atomic E-state index is 12.6. The summed E-state index contributed by atoms with van der Waals surface area (Å²) in [6.45, 7) is 3.12. The van der Waals surface area contributed by atoms with Gasteiger partial charge in [-0.1, -0.05) is 6.07 Å². The van der Waals surface area contributed by atoms with Crippen LogP contribution < -0.4 is 25.4 Å². The average Bonchev–Trinajstić information content (AvgIpc) is 2.81. The van der Waals surface area contributed by atoms with E-state index in [1.54, 1.807) is 18.2 Å². The Bertz CT molecular complexity index is 981. The first-order valence-corrected chi connectivity index (χ1v) is 10.3. The minimum Gasteiger partial charge on any atom is -0.493 e. The van der Waals surface area contributed by atoms with Crippen molar-refractivity contribution in [1.82, 2.24) is 10.6 Å². The lowest BCUT2D eigenvalue weighted by molar-refractivity contribution is -0.384. The Morgan fingerprint density at radius 2 is 1.85 bits per heavy atom. The molecule has 0 unspecified atom stereocenters. The van der Waals surface area contributed by atoms with Crippen molar-refractivity contribution in [3.8, 4) is 11.5 Å². The molecule has 178 valence electrons. The summed E-state index contributed by atoms with van der Waals surface area (Å²) in [7, 11) is 3.00. The SMILES string of the molecule is CCNC(=O)COc1ccc(CNC(=O)c2ccc(NCCOC)c([N+](=O)[O-])c2)cc1OC. The van der Waals surface area contributed by atoms with Gasteiger partial charge < -0.3 is 30.2 Å². The summed E-state index contributed by atoms with van der Waals surface area (Å²) in [6.07, 6.45) is 0. The maximum absolute atomic E-state index is 12.6. The second-order valence-corrected chi connectivity index (χ2v) is 6.82. The third-order valence-corrected chi connectivity index (χ3v) is 4.49. The van der Waals surface area contributed by atoms with E-state index in [2.05, 4.69) is 16.0 Å². The number of carbonyl (C=O) groups is 2. The molecular weight excluding hydrogens is 432 g/mol. The molecule has 0 aromatic heterocycles. The predicted octanol–water partition coefficient (Wildman–Crippen LogP) is 2.11. The zero-order chi connectivity index (χ0) is 24.2. The fourth-order valence-electron chi connectivity index (χ4n) is 2.88. The molecule has 0 spiro atoms. The number of nitro groups is 1. The number of likely N-dealkylation sites (N-methyl/N-ethyl adjacent to an activating group) is 1. The van der Waals surface area contributed by atoms with Crippen LogP contribution in [0.3, 0.4) is 0 Å². The van der Waals surface area contributed by atoms with E-state index < -0.39 is 10.8 Å². The van der Waals surface area contributed by atoms with Crippen LogP contribution in [0.1, 0.15) is 22.8 Å². The van der Waals surface area contributed by atoms with Gasteiger partial charge in [0, 0.05) is 38.4 Å². The second-order valence-electron chi connectivity index (χ2n) is 6.82. The molecule has 0 saturated carbocycles. The van der Waals surface area contributed by atoms with E-state index in [0.29, 0.717) is 36.9 Å². The van der Waals surface area contributed by atoms with Gasteiger partial charge in [-0.3, -0.25) is 19.7 Å². The zero-order valence-electron chi connectivity index (χ0n) is 18.8. The van der Waals surface area contributed by atoms with Crippen LogP contribution in [0.2, 0.25) is 0 Å². The fourth-order valence-corrected chi connectivity index (χ4v) is 2.88. The van der Waals surface area contributed by atoms with Gasteiger partial charge in [-0.2, -0.15) is 0 Å². The largest absolute Gasteiger partial charge is 0.493 e. The smallest absolute Gasteiger partial charge is 0.293 e. The summed E-state index contributed by atoms with van der Waals surface area (Å²) in [6, 6.07) is 9.27. The van der Waals surface area contributed by atoms with Gasteiger partial charge >= 0.3 is 0 Å². The van der Waals surface area contributed by atoms with Gasteiger partial charge in [-0.25, -0.2) is 0 Å². The highest BCUT2D eigenvalue weighted by atomic mass is 16.6. The summed E-state index contributed by atoms with van der Waals surface area (Å²) in [5, 5.41) is 19.7. The predicted molar refractivity (Wildman–Crippen MR) is 122 cm³/mol. The molecule has 11 heteroatoms. The summed E-state index contributed by atoms with van der Waals surface area (Å²) < 4.78 is 15.7. The standard InChI is InChI=1S/C22H28N4O7/c1-4-23-21(27)14-33-19-8-5-15(11-20(19)32-3)13-25-22(28)16-6-7-17(24-9-10-31-2)18(12-16)26(29)30/h5-8,11-12,24H,4,9-10,13-14H2,1-3H3,(H,23,27)(H,25,28). The molecule has 0 aliphatic rings. The van der Waals surface area contributed by atoms with Gasteiger partial charge in [0.25, 0.3) is 17.5 Å². The van der Waals surface area contributed by atoms with Crippen molar-refractivity contribution in [2.45, 2.75) is 13.5 Å². The highest BCUT2D eigenvalue weighted by Gasteiger charge is 2.17. The highest BCUT2D eigenvalue weighted by molar-refractivity contribution is 5.95. The van der Waals surface area contributed by atoms with Crippen LogP contribution in [0.15, 0.2) is 36.4 Å². The van der Waals surface area contributed by atoms with Crippen LogP contribution >= 0.6 is 0 Å². The Kier molecular flexibility index (Phi) is 9.90. The molecule has 33 heavy (non-hydrogen) atoms. The van der Waals surface area contributed by atoms with E-state index in [9.17, 15) is 19.7 Å². The van der Waals surface area contributed by atoms with E-state index in [0.717, 1.165) is 5.56 Å². The molecule has 2 aromatic carbocycles. The van der Waals surface area contributed by atoms with E-state index in [1.807, 2.05) is 6.92 Å². The van der Waals surface area contributed by atoms with Crippen LogP contribution in [0.4, 0.5) is 11.4 Å². The summed E-state index contributed by atoms with van der Waals surface area (Å²) in [5.41, 5.74) is 0.987. The summed E-state index contributed by atoms with van der Waals surface area (Å²) in [5.74, 6) is 0.0983. The van der Waals surface area contributed by atoms with Crippen LogP contribution in [0.5, 0.6) is 11.5 Å². The molecule has 0 bridgehead atoms. The van der Waals surface area contributed by atoms with Crippen molar-refractivity contribution in [1.29, 1.82) is 0 Å². The van der Waals surface area contributed by atoms with Gasteiger partial charge in [-0.05, 0) is 36.8 Å². The Hall–Kier alpha value is -3.86. The van der Waals surface area contributed by atoms with Gasteiger partial charge in [-0.15, -0.1) is 0 Å². The van der Waals surface area contributed by atoms with Crippen molar-refractivity contribution in [3.63, 3.8) is 0 Å². The highest BCUT2D eigenvalue weighted by Crippen LogP contribution is 2.28. The molecule has 0 heterocycles. The number of amides is 2. The summed E-state index contributed by atoms with van der Waals surface area (Å²) in [4.78, 5) is 35.0. The first-order valence-electron chi connectivity index (χ1n) is 10.3. The quantitative estimate of drug-likeness (QED) is 0.234. The fraction of sp³-hybridized carbons (Fsp3) is 0.364. The number of rotatable bonds is 13. The molecule has 0 radical (unpaired) electrons. The lowest BCUT2D eigenvalue weighted by Gasteiger charge is -2.13. The Balaban J connectivity index is 2.03. The number of nitrogens with one attached hydrogen (secondary N) is 3. The first-order chi connectivity index (χ1) is 15.9. The topological polar surface area (TPSA) is 141 Å². The molecule has 0 aliphatic heterocycles. The molecular formula is C22H28N4O7. The average molecular weight is 460 g/mol. The number of benzene rings is 2. The van der Waals surface area contributed by atoms with Crippen molar-refractivity contribution in [2.75, 3.05) is 45.8 Å². The molecule has 0 aliphatic carbocycles. The van der Waals surface area contributed by atoms with E-state index >= 15 is 0 Å². The van der Waals surface area contributed by atoms with Gasteiger partial charge in [0.05, 0.1) is 18.6 Å². The molecule has 3 N–H and O–H groups in total. The minimum absolute atomic E-state index is 0.143. The second kappa shape index (κ2) is 12.9. The van der Waals surface area contributed by atoms with Crippen molar-refractivity contribution in [2.24, 2.45) is 0 Å². The van der Waals surface area contributed by atoms with Gasteiger partial charge in [0.2, 0.25) is 0 Å². The minimum atomic E-state index is -0.545. The number of hydrogen-bond donors (Lipinski definition) is 3. The van der Waals surface area contributed by atoms with Crippen LogP contribution in [0.25, 0.3) is 0 Å². The van der Waals surface area contributed by atoms with Crippen LogP contribution in [0, 0.1) is 10.1 Å². The number of nitrogens with zero attached hydrogens (tertiary/aromatic N) is 1. The normalized spacial score (nSPS) is 10.3. The number of carbonyl (C=O) groups excluding carboxylic acids is 2. The van der Waals surface area contributed by atoms with E-state index in [-0.39, 0.29) is 30.3 Å². The molecule has 0 fully saturated rings. The Labute approximate surface area is 191 Å². The lowest BCUT2D eigenvalue weighted by Crippen LogP contribution is -2.28. The van der Waals surface area contributed by atoms with Gasteiger partial charge in [0.15, 0.2) is 18.1 Å². The van der Waals surface area contributed by atoms with E-state index in [4.69, 9.17) is 14.2 Å². The van der Waals surface area contributed by atoms with E-state index in [1.165, 1.54) is 32.4 Å². The molecule has 11 nitrogen and oxygen atoms in total.